The average molecular weight is 190 g/mol. The summed E-state index contributed by atoms with van der Waals surface area (Å²) in [5.41, 5.74) is 2.09. The molecule has 0 atom stereocenters. The Morgan fingerprint density at radius 1 is 1.36 bits per heavy atom. The van der Waals surface area contributed by atoms with Gasteiger partial charge in [0.15, 0.2) is 0 Å². The summed E-state index contributed by atoms with van der Waals surface area (Å²) < 4.78 is 0. The van der Waals surface area contributed by atoms with Gasteiger partial charge in [0.25, 0.3) is 0 Å². The normalized spacial score (nSPS) is 19.1. The van der Waals surface area contributed by atoms with E-state index in [2.05, 4.69) is 38.7 Å². The highest BCUT2D eigenvalue weighted by Gasteiger charge is 2.27. The summed E-state index contributed by atoms with van der Waals surface area (Å²) in [6, 6.07) is 0. The molecular weight excluding hydrogens is 168 g/mol. The van der Waals surface area contributed by atoms with Gasteiger partial charge in [0, 0.05) is 0 Å². The molecule has 0 fully saturated rings. The van der Waals surface area contributed by atoms with Crippen molar-refractivity contribution in [2.45, 2.75) is 46.0 Å². The Hall–Kier alpha value is -0.780. The molecule has 0 N–H and O–H groups in total. The lowest BCUT2D eigenvalue weighted by Gasteiger charge is -2.35. The maximum atomic E-state index is 3.71. The molecule has 0 aromatic carbocycles. The summed E-state index contributed by atoms with van der Waals surface area (Å²) in [4.78, 5) is 0. The molecule has 0 amide bonds. The van der Waals surface area contributed by atoms with E-state index in [1.807, 2.05) is 6.08 Å². The Morgan fingerprint density at radius 3 is 2.64 bits per heavy atom. The van der Waals surface area contributed by atoms with E-state index in [0.29, 0.717) is 5.41 Å². The summed E-state index contributed by atoms with van der Waals surface area (Å²) >= 11 is 0. The average Bonchev–Trinajstić information content (AvgIpc) is 2.15. The quantitative estimate of drug-likeness (QED) is 0.422. The van der Waals surface area contributed by atoms with E-state index in [1.165, 1.54) is 19.3 Å². The first-order valence-corrected chi connectivity index (χ1v) is 5.62. The molecule has 78 valence electrons. The first-order chi connectivity index (χ1) is 6.67. The molecule has 0 spiro atoms. The van der Waals surface area contributed by atoms with Crippen LogP contribution in [0.2, 0.25) is 0 Å². The Labute approximate surface area is 88.4 Å². The minimum atomic E-state index is 0.478. The second kappa shape index (κ2) is 5.19. The summed E-state index contributed by atoms with van der Waals surface area (Å²) in [5.74, 6) is 0. The third kappa shape index (κ3) is 3.17. The van der Waals surface area contributed by atoms with Crippen LogP contribution in [0, 0.1) is 5.41 Å². The number of rotatable bonds is 6. The van der Waals surface area contributed by atoms with Crippen LogP contribution in [0.5, 0.6) is 0 Å². The van der Waals surface area contributed by atoms with Gasteiger partial charge in [0.2, 0.25) is 0 Å². The van der Waals surface area contributed by atoms with E-state index in [9.17, 15) is 0 Å². The highest BCUT2D eigenvalue weighted by atomic mass is 14.3. The first kappa shape index (κ1) is 11.3. The Morgan fingerprint density at radius 2 is 2.14 bits per heavy atom. The van der Waals surface area contributed by atoms with Gasteiger partial charge in [-0.1, -0.05) is 43.7 Å². The molecule has 0 aromatic rings. The molecule has 0 radical (unpaired) electrons. The standard InChI is InChI=1S/C14H22/c1-4-5-6-7-8-9-10-13-11-12-14(13,2)3/h4,8-9,11H,1,5-7,10,12H2,2-3H3/b9-8+. The second-order valence-corrected chi connectivity index (χ2v) is 4.71. The van der Waals surface area contributed by atoms with Gasteiger partial charge in [-0.2, -0.15) is 0 Å². The van der Waals surface area contributed by atoms with E-state index in [-0.39, 0.29) is 0 Å². The zero-order valence-corrected chi connectivity index (χ0v) is 9.55. The molecule has 0 aromatic heterocycles. The van der Waals surface area contributed by atoms with Gasteiger partial charge in [-0.05, 0) is 37.5 Å². The highest BCUT2D eigenvalue weighted by Crippen LogP contribution is 2.41. The van der Waals surface area contributed by atoms with E-state index in [4.69, 9.17) is 0 Å². The lowest BCUT2D eigenvalue weighted by molar-refractivity contribution is 0.393. The summed E-state index contributed by atoms with van der Waals surface area (Å²) in [6.45, 7) is 8.37. The highest BCUT2D eigenvalue weighted by molar-refractivity contribution is 5.25. The lowest BCUT2D eigenvalue weighted by Crippen LogP contribution is -2.21. The van der Waals surface area contributed by atoms with Crippen LogP contribution in [0.3, 0.4) is 0 Å². The minimum Gasteiger partial charge on any atom is -0.103 e. The van der Waals surface area contributed by atoms with E-state index >= 15 is 0 Å². The molecule has 0 heterocycles. The largest absolute Gasteiger partial charge is 0.103 e. The van der Waals surface area contributed by atoms with Crippen LogP contribution in [-0.2, 0) is 0 Å². The van der Waals surface area contributed by atoms with Crippen molar-refractivity contribution in [3.05, 3.63) is 36.5 Å². The van der Waals surface area contributed by atoms with E-state index in [1.54, 1.807) is 5.57 Å². The smallest absolute Gasteiger partial charge is 0.0107 e. The lowest BCUT2D eigenvalue weighted by atomic mass is 9.70. The van der Waals surface area contributed by atoms with E-state index in [0.717, 1.165) is 12.8 Å². The van der Waals surface area contributed by atoms with Crippen LogP contribution in [0.1, 0.15) is 46.0 Å². The SMILES string of the molecule is C=CCCC/C=C/CC1=CCC1(C)C. The molecule has 14 heavy (non-hydrogen) atoms. The predicted octanol–water partition coefficient (Wildman–Crippen LogP) is 4.65. The number of hydrogen-bond acceptors (Lipinski definition) is 0. The zero-order chi connectivity index (χ0) is 10.4. The summed E-state index contributed by atoms with van der Waals surface area (Å²) in [7, 11) is 0. The van der Waals surface area contributed by atoms with Crippen molar-refractivity contribution in [2.24, 2.45) is 5.41 Å². The van der Waals surface area contributed by atoms with Crippen molar-refractivity contribution in [1.29, 1.82) is 0 Å². The molecule has 1 rings (SSSR count). The minimum absolute atomic E-state index is 0.478. The van der Waals surface area contributed by atoms with Crippen LogP contribution in [0.4, 0.5) is 0 Å². The van der Waals surface area contributed by atoms with Crippen LogP contribution < -0.4 is 0 Å². The monoisotopic (exact) mass is 190 g/mol. The Kier molecular flexibility index (Phi) is 4.19. The van der Waals surface area contributed by atoms with Gasteiger partial charge >= 0.3 is 0 Å². The Balaban J connectivity index is 2.12. The van der Waals surface area contributed by atoms with Crippen molar-refractivity contribution < 1.29 is 0 Å². The molecule has 0 saturated carbocycles. The Bertz CT molecular complexity index is 241. The third-order valence-electron chi connectivity index (χ3n) is 3.01. The van der Waals surface area contributed by atoms with Gasteiger partial charge in [0.05, 0.1) is 0 Å². The fourth-order valence-corrected chi connectivity index (χ4v) is 1.72. The topological polar surface area (TPSA) is 0 Å². The molecule has 1 aliphatic rings. The van der Waals surface area contributed by atoms with E-state index < -0.39 is 0 Å². The zero-order valence-electron chi connectivity index (χ0n) is 9.55. The van der Waals surface area contributed by atoms with Crippen LogP contribution >= 0.6 is 0 Å². The van der Waals surface area contributed by atoms with Crippen molar-refractivity contribution in [3.63, 3.8) is 0 Å². The van der Waals surface area contributed by atoms with Crippen LogP contribution in [-0.4, -0.2) is 0 Å². The van der Waals surface area contributed by atoms with Crippen LogP contribution in [0.25, 0.3) is 0 Å². The van der Waals surface area contributed by atoms with Crippen molar-refractivity contribution in [1.82, 2.24) is 0 Å². The fraction of sp³-hybridized carbons (Fsp3) is 0.571. The second-order valence-electron chi connectivity index (χ2n) is 4.71. The molecule has 0 unspecified atom stereocenters. The van der Waals surface area contributed by atoms with Gasteiger partial charge < -0.3 is 0 Å². The molecular formula is C14H22. The van der Waals surface area contributed by atoms with Gasteiger partial charge in [0.1, 0.15) is 0 Å². The van der Waals surface area contributed by atoms with Gasteiger partial charge in [-0.3, -0.25) is 0 Å². The molecule has 0 aliphatic heterocycles. The van der Waals surface area contributed by atoms with Gasteiger partial charge in [-0.15, -0.1) is 6.58 Å². The molecule has 0 saturated heterocycles. The molecule has 0 nitrogen and oxygen atoms in total. The van der Waals surface area contributed by atoms with Crippen LogP contribution in [0.15, 0.2) is 36.5 Å². The maximum Gasteiger partial charge on any atom is -0.0107 e. The molecule has 1 aliphatic carbocycles. The number of hydrogen-bond donors (Lipinski definition) is 0. The first-order valence-electron chi connectivity index (χ1n) is 5.62. The van der Waals surface area contributed by atoms with Gasteiger partial charge in [-0.25, -0.2) is 0 Å². The third-order valence-corrected chi connectivity index (χ3v) is 3.01. The summed E-state index contributed by atoms with van der Waals surface area (Å²) in [5, 5.41) is 0. The maximum absolute atomic E-state index is 3.71. The summed E-state index contributed by atoms with van der Waals surface area (Å²) in [6.07, 6.45) is 15.0. The molecule has 0 heteroatoms. The van der Waals surface area contributed by atoms with Crippen molar-refractivity contribution in [3.8, 4) is 0 Å². The van der Waals surface area contributed by atoms with Crippen molar-refractivity contribution >= 4 is 0 Å². The fourth-order valence-electron chi connectivity index (χ4n) is 1.72. The van der Waals surface area contributed by atoms with Crippen molar-refractivity contribution in [2.75, 3.05) is 0 Å². The predicted molar refractivity (Wildman–Crippen MR) is 64.3 cm³/mol. The molecule has 0 bridgehead atoms. The number of allylic oxidation sites excluding steroid dienone is 5. The number of unbranched alkanes of at least 4 members (excludes halogenated alkanes) is 2.